The Balaban J connectivity index is 2.47. The van der Waals surface area contributed by atoms with Gasteiger partial charge in [0.1, 0.15) is 5.76 Å². The van der Waals surface area contributed by atoms with Crippen LogP contribution in [-0.4, -0.2) is 32.5 Å². The van der Waals surface area contributed by atoms with E-state index in [0.29, 0.717) is 31.1 Å². The van der Waals surface area contributed by atoms with Gasteiger partial charge in [0.15, 0.2) is 11.7 Å². The highest BCUT2D eigenvalue weighted by molar-refractivity contribution is 5.28. The molecule has 0 radical (unpaired) electrons. The lowest BCUT2D eigenvalue weighted by atomic mass is 9.91. The molecule has 1 fully saturated rings. The van der Waals surface area contributed by atoms with Crippen LogP contribution in [0.1, 0.15) is 59.8 Å². The standard InChI is InChI=1S/C22H36F2O3/c1-7-19-12-11-18(14-27-19)13-26-16(4)10-9-15(3)20(8-2)22(24)21(23)17(5)25-6/h7,15-16,18-19H,1,8-14H2,2-6H3/b21-17-,22-20-. The van der Waals surface area contributed by atoms with E-state index in [2.05, 4.69) is 6.58 Å². The first kappa shape index (κ1) is 23.8. The Morgan fingerprint density at radius 1 is 1.22 bits per heavy atom. The molecule has 0 spiro atoms. The molecule has 1 aliphatic rings. The van der Waals surface area contributed by atoms with Crippen LogP contribution in [0.5, 0.6) is 0 Å². The Morgan fingerprint density at radius 3 is 2.44 bits per heavy atom. The van der Waals surface area contributed by atoms with E-state index in [9.17, 15) is 8.78 Å². The number of hydrogen-bond acceptors (Lipinski definition) is 3. The molecule has 0 saturated carbocycles. The third kappa shape index (κ3) is 7.74. The molecule has 1 rings (SSSR count). The fourth-order valence-electron chi connectivity index (χ4n) is 3.29. The van der Waals surface area contributed by atoms with Gasteiger partial charge in [-0.15, -0.1) is 6.58 Å². The summed E-state index contributed by atoms with van der Waals surface area (Å²) in [6, 6.07) is 0. The molecular formula is C22H36F2O3. The Morgan fingerprint density at radius 2 is 1.93 bits per heavy atom. The molecule has 0 amide bonds. The largest absolute Gasteiger partial charge is 0.498 e. The van der Waals surface area contributed by atoms with Crippen molar-refractivity contribution in [3.05, 3.63) is 35.6 Å². The molecule has 3 nitrogen and oxygen atoms in total. The molecule has 156 valence electrons. The lowest BCUT2D eigenvalue weighted by Crippen LogP contribution is -2.28. The van der Waals surface area contributed by atoms with Gasteiger partial charge in [-0.1, -0.05) is 19.9 Å². The van der Waals surface area contributed by atoms with Gasteiger partial charge in [-0.25, -0.2) is 8.78 Å². The van der Waals surface area contributed by atoms with Gasteiger partial charge in [0, 0.05) is 5.92 Å². The minimum Gasteiger partial charge on any atom is -0.498 e. The van der Waals surface area contributed by atoms with Crippen LogP contribution < -0.4 is 0 Å². The van der Waals surface area contributed by atoms with Crippen LogP contribution in [0, 0.1) is 11.8 Å². The van der Waals surface area contributed by atoms with Gasteiger partial charge in [-0.05, 0) is 57.4 Å². The summed E-state index contributed by atoms with van der Waals surface area (Å²) in [5.74, 6) is -1.35. The molecule has 4 unspecified atom stereocenters. The average molecular weight is 387 g/mol. The topological polar surface area (TPSA) is 27.7 Å². The van der Waals surface area contributed by atoms with Crippen molar-refractivity contribution in [1.82, 2.24) is 0 Å². The van der Waals surface area contributed by atoms with Crippen molar-refractivity contribution in [3.63, 3.8) is 0 Å². The summed E-state index contributed by atoms with van der Waals surface area (Å²) in [5, 5.41) is 0. The number of hydrogen-bond donors (Lipinski definition) is 0. The van der Waals surface area contributed by atoms with E-state index in [1.54, 1.807) is 0 Å². The van der Waals surface area contributed by atoms with Crippen molar-refractivity contribution in [1.29, 1.82) is 0 Å². The summed E-state index contributed by atoms with van der Waals surface area (Å²) in [7, 11) is 1.34. The average Bonchev–Trinajstić information content (AvgIpc) is 2.70. The zero-order chi connectivity index (χ0) is 20.4. The molecule has 0 bridgehead atoms. The third-order valence-electron chi connectivity index (χ3n) is 5.36. The Kier molecular flexibility index (Phi) is 10.9. The number of rotatable bonds is 11. The molecule has 0 aromatic rings. The number of allylic oxidation sites excluding steroid dienone is 4. The van der Waals surface area contributed by atoms with Gasteiger partial charge in [0.05, 0.1) is 32.5 Å². The lowest BCUT2D eigenvalue weighted by molar-refractivity contribution is -0.0401. The van der Waals surface area contributed by atoms with Gasteiger partial charge in [0.2, 0.25) is 0 Å². The first-order chi connectivity index (χ1) is 12.8. The summed E-state index contributed by atoms with van der Waals surface area (Å²) in [6.07, 6.45) is 6.19. The van der Waals surface area contributed by atoms with Crippen molar-refractivity contribution in [2.75, 3.05) is 20.3 Å². The van der Waals surface area contributed by atoms with Gasteiger partial charge in [-0.3, -0.25) is 0 Å². The minimum absolute atomic E-state index is 0.0317. The van der Waals surface area contributed by atoms with Crippen LogP contribution in [0.2, 0.25) is 0 Å². The van der Waals surface area contributed by atoms with Crippen molar-refractivity contribution in [2.45, 2.75) is 72.0 Å². The summed E-state index contributed by atoms with van der Waals surface area (Å²) in [4.78, 5) is 0. The van der Waals surface area contributed by atoms with Crippen LogP contribution >= 0.6 is 0 Å². The Bertz CT molecular complexity index is 520. The molecule has 0 aromatic heterocycles. The van der Waals surface area contributed by atoms with Crippen molar-refractivity contribution in [3.8, 4) is 0 Å². The maximum Gasteiger partial charge on any atom is 0.195 e. The quantitative estimate of drug-likeness (QED) is 0.238. The molecule has 1 aliphatic heterocycles. The maximum absolute atomic E-state index is 14.4. The van der Waals surface area contributed by atoms with Crippen LogP contribution in [0.3, 0.4) is 0 Å². The van der Waals surface area contributed by atoms with E-state index in [1.165, 1.54) is 14.0 Å². The highest BCUT2D eigenvalue weighted by Gasteiger charge is 2.22. The van der Waals surface area contributed by atoms with Crippen LogP contribution in [0.4, 0.5) is 8.78 Å². The highest BCUT2D eigenvalue weighted by Crippen LogP contribution is 2.31. The second kappa shape index (κ2) is 12.3. The number of halogens is 2. The number of methoxy groups -OCH3 is 1. The maximum atomic E-state index is 14.4. The van der Waals surface area contributed by atoms with Crippen LogP contribution in [0.15, 0.2) is 35.6 Å². The molecule has 5 heteroatoms. The van der Waals surface area contributed by atoms with Crippen molar-refractivity contribution >= 4 is 0 Å². The summed E-state index contributed by atoms with van der Waals surface area (Å²) >= 11 is 0. The van der Waals surface area contributed by atoms with E-state index in [0.717, 1.165) is 25.7 Å². The molecule has 1 heterocycles. The van der Waals surface area contributed by atoms with E-state index >= 15 is 0 Å². The first-order valence-electron chi connectivity index (χ1n) is 9.98. The second-order valence-corrected chi connectivity index (χ2v) is 7.44. The Hall–Kier alpha value is -1.20. The van der Waals surface area contributed by atoms with Gasteiger partial charge in [0.25, 0.3) is 0 Å². The highest BCUT2D eigenvalue weighted by atomic mass is 19.2. The predicted molar refractivity (Wildman–Crippen MR) is 106 cm³/mol. The van der Waals surface area contributed by atoms with Crippen LogP contribution in [-0.2, 0) is 14.2 Å². The third-order valence-corrected chi connectivity index (χ3v) is 5.36. The van der Waals surface area contributed by atoms with Gasteiger partial charge >= 0.3 is 0 Å². The van der Waals surface area contributed by atoms with Gasteiger partial charge < -0.3 is 14.2 Å². The normalized spacial score (nSPS) is 24.6. The van der Waals surface area contributed by atoms with Crippen LogP contribution in [0.25, 0.3) is 0 Å². The van der Waals surface area contributed by atoms with E-state index in [4.69, 9.17) is 14.2 Å². The predicted octanol–water partition coefficient (Wildman–Crippen LogP) is 6.27. The fraction of sp³-hybridized carbons (Fsp3) is 0.727. The van der Waals surface area contributed by atoms with Crippen molar-refractivity contribution < 1.29 is 23.0 Å². The monoisotopic (exact) mass is 386 g/mol. The van der Waals surface area contributed by atoms with E-state index in [-0.39, 0.29) is 23.9 Å². The SMILES string of the molecule is C=CC1CCC(COC(C)CCC(C)/C(CC)=C(F)/C(F)=C(\C)OC)CO1. The van der Waals surface area contributed by atoms with E-state index in [1.807, 2.05) is 26.8 Å². The minimum atomic E-state index is -0.902. The zero-order valence-corrected chi connectivity index (χ0v) is 17.5. The molecule has 4 atom stereocenters. The Labute approximate surface area is 163 Å². The smallest absolute Gasteiger partial charge is 0.195 e. The zero-order valence-electron chi connectivity index (χ0n) is 17.5. The first-order valence-corrected chi connectivity index (χ1v) is 9.98. The second-order valence-electron chi connectivity index (χ2n) is 7.44. The summed E-state index contributed by atoms with van der Waals surface area (Å²) in [6.45, 7) is 12.4. The van der Waals surface area contributed by atoms with E-state index < -0.39 is 11.7 Å². The van der Waals surface area contributed by atoms with Crippen molar-refractivity contribution in [2.24, 2.45) is 11.8 Å². The fourth-order valence-corrected chi connectivity index (χ4v) is 3.29. The van der Waals surface area contributed by atoms with Gasteiger partial charge in [-0.2, -0.15) is 0 Å². The molecule has 1 saturated heterocycles. The molecular weight excluding hydrogens is 350 g/mol. The molecule has 27 heavy (non-hydrogen) atoms. The number of ether oxygens (including phenoxy) is 3. The summed E-state index contributed by atoms with van der Waals surface area (Å²) < 4.78 is 44.9. The molecule has 0 aliphatic carbocycles. The molecule has 0 N–H and O–H groups in total. The lowest BCUT2D eigenvalue weighted by Gasteiger charge is -2.28. The summed E-state index contributed by atoms with van der Waals surface area (Å²) in [5.41, 5.74) is 0.493. The molecule has 0 aromatic carbocycles.